The predicted molar refractivity (Wildman–Crippen MR) is 72.7 cm³/mol. The van der Waals surface area contributed by atoms with Crippen molar-refractivity contribution < 1.29 is 0 Å². The lowest BCUT2D eigenvalue weighted by Gasteiger charge is -2.26. The minimum atomic E-state index is -0.818. The zero-order valence-corrected chi connectivity index (χ0v) is 11.6. The van der Waals surface area contributed by atoms with Crippen LogP contribution in [0.3, 0.4) is 0 Å². The Kier molecular flexibility index (Phi) is 5.71. The first-order valence-electron chi connectivity index (χ1n) is 6.09. The summed E-state index contributed by atoms with van der Waals surface area (Å²) in [4.78, 5) is 2.17. The molecular formula is C13H21Cl2N. The Hall–Kier alpha value is -0.140. The quantitative estimate of drug-likeness (QED) is 0.626. The van der Waals surface area contributed by atoms with Crippen LogP contribution in [0.4, 0.5) is 0 Å². The minimum Gasteiger partial charge on any atom is -0.354 e. The molecule has 16 heavy (non-hydrogen) atoms. The van der Waals surface area contributed by atoms with Crippen molar-refractivity contribution in [1.82, 2.24) is 4.90 Å². The lowest BCUT2D eigenvalue weighted by molar-refractivity contribution is 0.344. The molecule has 0 aromatic rings. The number of halogens is 2. The first-order chi connectivity index (χ1) is 7.57. The molecule has 0 saturated carbocycles. The molecule has 0 spiro atoms. The van der Waals surface area contributed by atoms with Gasteiger partial charge < -0.3 is 4.90 Å². The molecule has 3 heteroatoms. The van der Waals surface area contributed by atoms with Crippen LogP contribution in [0, 0.1) is 5.92 Å². The largest absolute Gasteiger partial charge is 0.354 e. The Morgan fingerprint density at radius 1 is 1.19 bits per heavy atom. The monoisotopic (exact) mass is 261 g/mol. The third kappa shape index (κ3) is 4.80. The van der Waals surface area contributed by atoms with E-state index in [0.717, 1.165) is 12.5 Å². The molecule has 0 radical (unpaired) electrons. The molecule has 0 saturated heterocycles. The highest BCUT2D eigenvalue weighted by Crippen LogP contribution is 2.28. The van der Waals surface area contributed by atoms with Crippen LogP contribution < -0.4 is 0 Å². The van der Waals surface area contributed by atoms with Crippen molar-refractivity contribution in [1.29, 1.82) is 0 Å². The van der Waals surface area contributed by atoms with E-state index in [1.165, 1.54) is 25.7 Å². The third-order valence-electron chi connectivity index (χ3n) is 2.99. The molecule has 0 aliphatic carbocycles. The fraction of sp³-hybridized carbons (Fsp3) is 0.692. The molecule has 92 valence electrons. The molecule has 1 aliphatic heterocycles. The van der Waals surface area contributed by atoms with E-state index >= 15 is 0 Å². The van der Waals surface area contributed by atoms with E-state index in [-0.39, 0.29) is 0 Å². The number of hydrogen-bond donors (Lipinski definition) is 0. The Labute approximate surface area is 109 Å². The van der Waals surface area contributed by atoms with Gasteiger partial charge in [0.2, 0.25) is 0 Å². The summed E-state index contributed by atoms with van der Waals surface area (Å²) in [6.45, 7) is 5.56. The van der Waals surface area contributed by atoms with Crippen molar-refractivity contribution in [2.24, 2.45) is 5.92 Å². The van der Waals surface area contributed by atoms with Crippen LogP contribution in [-0.2, 0) is 0 Å². The van der Waals surface area contributed by atoms with Gasteiger partial charge >= 0.3 is 0 Å². The molecule has 0 bridgehead atoms. The normalized spacial score (nSPS) is 20.1. The lowest BCUT2D eigenvalue weighted by Crippen LogP contribution is -2.24. The van der Waals surface area contributed by atoms with Crippen LogP contribution in [0.2, 0.25) is 0 Å². The summed E-state index contributed by atoms with van der Waals surface area (Å²) < 4.78 is -0.818. The van der Waals surface area contributed by atoms with E-state index in [1.807, 2.05) is 24.6 Å². The number of unbranched alkanes of at least 4 members (excludes halogenated alkanes) is 1. The molecule has 0 aromatic carbocycles. The predicted octanol–water partition coefficient (Wildman–Crippen LogP) is 4.72. The Bertz CT molecular complexity index is 243. The van der Waals surface area contributed by atoms with Gasteiger partial charge in [-0.2, -0.15) is 0 Å². The fourth-order valence-corrected chi connectivity index (χ4v) is 2.06. The summed E-state index contributed by atoms with van der Waals surface area (Å²) in [7, 11) is 0. The average molecular weight is 262 g/mol. The van der Waals surface area contributed by atoms with Crippen molar-refractivity contribution >= 4 is 23.2 Å². The first-order valence-corrected chi connectivity index (χ1v) is 6.85. The molecular weight excluding hydrogens is 241 g/mol. The van der Waals surface area contributed by atoms with Gasteiger partial charge in [-0.1, -0.05) is 56.3 Å². The topological polar surface area (TPSA) is 3.24 Å². The summed E-state index contributed by atoms with van der Waals surface area (Å²) in [6, 6.07) is 0. The molecule has 1 aliphatic rings. The van der Waals surface area contributed by atoms with Gasteiger partial charge in [0, 0.05) is 18.9 Å². The standard InChI is InChI=1S/C13H21Cl2N/c1-3-5-6-12(4-2)11-16-9-7-13(14,15)8-10-16/h7-10,12H,3-6,11H2,1-2H3. The summed E-state index contributed by atoms with van der Waals surface area (Å²) in [5.74, 6) is 0.757. The molecule has 0 fully saturated rings. The van der Waals surface area contributed by atoms with Crippen LogP contribution in [0.25, 0.3) is 0 Å². The first kappa shape index (κ1) is 13.9. The maximum Gasteiger partial charge on any atom is 0.157 e. The maximum absolute atomic E-state index is 5.96. The van der Waals surface area contributed by atoms with Crippen LogP contribution >= 0.6 is 23.2 Å². The summed E-state index contributed by atoms with van der Waals surface area (Å²) in [5.41, 5.74) is 0. The van der Waals surface area contributed by atoms with Crippen molar-refractivity contribution in [3.8, 4) is 0 Å². The fourth-order valence-electron chi connectivity index (χ4n) is 1.83. The van der Waals surface area contributed by atoms with Gasteiger partial charge in [-0.15, -0.1) is 0 Å². The van der Waals surface area contributed by atoms with E-state index < -0.39 is 4.33 Å². The van der Waals surface area contributed by atoms with Gasteiger partial charge in [-0.25, -0.2) is 0 Å². The van der Waals surface area contributed by atoms with Crippen molar-refractivity contribution in [3.05, 3.63) is 24.6 Å². The average Bonchev–Trinajstić information content (AvgIpc) is 2.26. The number of rotatable bonds is 6. The van der Waals surface area contributed by atoms with Crippen molar-refractivity contribution in [2.75, 3.05) is 6.54 Å². The highest BCUT2D eigenvalue weighted by Gasteiger charge is 2.20. The molecule has 1 rings (SSSR count). The van der Waals surface area contributed by atoms with Crippen LogP contribution in [-0.4, -0.2) is 15.8 Å². The summed E-state index contributed by atoms with van der Waals surface area (Å²) >= 11 is 11.9. The number of allylic oxidation sites excluding steroid dienone is 2. The summed E-state index contributed by atoms with van der Waals surface area (Å²) in [6.07, 6.45) is 12.7. The second-order valence-corrected chi connectivity index (χ2v) is 5.86. The number of hydrogen-bond acceptors (Lipinski definition) is 1. The van der Waals surface area contributed by atoms with E-state index in [9.17, 15) is 0 Å². The minimum absolute atomic E-state index is 0.757. The zero-order valence-electron chi connectivity index (χ0n) is 10.1. The Morgan fingerprint density at radius 2 is 1.81 bits per heavy atom. The Balaban J connectivity index is 2.40. The third-order valence-corrected chi connectivity index (χ3v) is 3.49. The second kappa shape index (κ2) is 6.56. The Morgan fingerprint density at radius 3 is 2.31 bits per heavy atom. The molecule has 1 nitrogen and oxygen atoms in total. The molecule has 1 unspecified atom stereocenters. The molecule has 0 N–H and O–H groups in total. The van der Waals surface area contributed by atoms with E-state index in [2.05, 4.69) is 18.7 Å². The van der Waals surface area contributed by atoms with E-state index in [0.29, 0.717) is 0 Å². The van der Waals surface area contributed by atoms with Gasteiger partial charge in [-0.05, 0) is 24.5 Å². The number of nitrogens with zero attached hydrogens (tertiary/aromatic N) is 1. The maximum atomic E-state index is 5.96. The molecule has 1 atom stereocenters. The smallest absolute Gasteiger partial charge is 0.157 e. The van der Waals surface area contributed by atoms with Crippen LogP contribution in [0.1, 0.15) is 39.5 Å². The molecule has 0 aromatic heterocycles. The zero-order chi connectivity index (χ0) is 12.0. The van der Waals surface area contributed by atoms with Crippen molar-refractivity contribution in [2.45, 2.75) is 43.9 Å². The van der Waals surface area contributed by atoms with Crippen LogP contribution in [0.15, 0.2) is 24.6 Å². The van der Waals surface area contributed by atoms with Gasteiger partial charge in [0.25, 0.3) is 0 Å². The second-order valence-electron chi connectivity index (χ2n) is 4.42. The van der Waals surface area contributed by atoms with Crippen molar-refractivity contribution in [3.63, 3.8) is 0 Å². The summed E-state index contributed by atoms with van der Waals surface area (Å²) in [5, 5.41) is 0. The van der Waals surface area contributed by atoms with E-state index in [1.54, 1.807) is 0 Å². The highest BCUT2D eigenvalue weighted by atomic mass is 35.5. The lowest BCUT2D eigenvalue weighted by atomic mass is 9.99. The number of alkyl halides is 2. The molecule has 1 heterocycles. The van der Waals surface area contributed by atoms with Gasteiger partial charge in [0.1, 0.15) is 0 Å². The van der Waals surface area contributed by atoms with Gasteiger partial charge in [0.15, 0.2) is 4.33 Å². The van der Waals surface area contributed by atoms with Crippen LogP contribution in [0.5, 0.6) is 0 Å². The molecule has 0 amide bonds. The van der Waals surface area contributed by atoms with Gasteiger partial charge in [0.05, 0.1) is 0 Å². The van der Waals surface area contributed by atoms with E-state index in [4.69, 9.17) is 23.2 Å². The van der Waals surface area contributed by atoms with Gasteiger partial charge in [-0.3, -0.25) is 0 Å². The SMILES string of the molecule is CCCCC(CC)CN1C=CC(Cl)(Cl)C=C1. The highest BCUT2D eigenvalue weighted by molar-refractivity contribution is 6.51.